The van der Waals surface area contributed by atoms with Crippen LogP contribution in [0.4, 0.5) is 9.52 Å². The van der Waals surface area contributed by atoms with Gasteiger partial charge in [-0.15, -0.1) is 11.3 Å². The molecule has 2 heterocycles. The van der Waals surface area contributed by atoms with Crippen molar-refractivity contribution in [2.24, 2.45) is 5.10 Å². The van der Waals surface area contributed by atoms with E-state index >= 15 is 0 Å². The second-order valence-electron chi connectivity index (χ2n) is 5.66. The van der Waals surface area contributed by atoms with E-state index < -0.39 is 0 Å². The number of hydrogen-bond donors (Lipinski definition) is 1. The molecule has 1 aromatic heterocycles. The maximum atomic E-state index is 13.5. The van der Waals surface area contributed by atoms with Gasteiger partial charge in [-0.2, -0.15) is 5.10 Å². The number of anilines is 1. The minimum Gasteiger partial charge on any atom is -0.376 e. The minimum absolute atomic E-state index is 0.158. The maximum Gasteiger partial charge on any atom is 0.203 e. The number of thiazole rings is 1. The van der Waals surface area contributed by atoms with Gasteiger partial charge in [0.1, 0.15) is 5.82 Å². The molecule has 0 spiro atoms. The highest BCUT2D eigenvalue weighted by molar-refractivity contribution is 7.13. The number of aromatic nitrogens is 1. The van der Waals surface area contributed by atoms with E-state index in [0.717, 1.165) is 41.4 Å². The van der Waals surface area contributed by atoms with Gasteiger partial charge in [-0.1, -0.05) is 6.07 Å². The van der Waals surface area contributed by atoms with Gasteiger partial charge < -0.3 is 9.47 Å². The Hall–Kier alpha value is -1.83. The van der Waals surface area contributed by atoms with Crippen LogP contribution in [0.3, 0.4) is 0 Å². The molecule has 7 heteroatoms. The van der Waals surface area contributed by atoms with Crippen LogP contribution in [-0.2, 0) is 16.1 Å². The molecule has 5 nitrogen and oxygen atoms in total. The van der Waals surface area contributed by atoms with Gasteiger partial charge in [-0.3, -0.25) is 5.43 Å². The highest BCUT2D eigenvalue weighted by Gasteiger charge is 2.15. The van der Waals surface area contributed by atoms with E-state index in [-0.39, 0.29) is 11.9 Å². The summed E-state index contributed by atoms with van der Waals surface area (Å²) in [7, 11) is 0. The van der Waals surface area contributed by atoms with Crippen molar-refractivity contribution in [2.45, 2.75) is 32.5 Å². The zero-order valence-corrected chi connectivity index (χ0v) is 14.3. The number of rotatable bonds is 7. The average Bonchev–Trinajstić information content (AvgIpc) is 3.21. The van der Waals surface area contributed by atoms with Crippen molar-refractivity contribution in [3.8, 4) is 0 Å². The summed E-state index contributed by atoms with van der Waals surface area (Å²) in [6.45, 7) is 3.59. The van der Waals surface area contributed by atoms with E-state index in [1.807, 2.05) is 12.3 Å². The van der Waals surface area contributed by atoms with Crippen molar-refractivity contribution < 1.29 is 13.9 Å². The smallest absolute Gasteiger partial charge is 0.203 e. The molecule has 1 aliphatic rings. The van der Waals surface area contributed by atoms with Crippen molar-refractivity contribution in [3.63, 3.8) is 0 Å². The molecular formula is C17H20FN3O2S. The molecule has 0 bridgehead atoms. The fraction of sp³-hybridized carbons (Fsp3) is 0.412. The first kappa shape index (κ1) is 17.0. The third-order valence-corrected chi connectivity index (χ3v) is 4.54. The van der Waals surface area contributed by atoms with Crippen LogP contribution in [0.5, 0.6) is 0 Å². The molecule has 0 radical (unpaired) electrons. The van der Waals surface area contributed by atoms with Crippen molar-refractivity contribution >= 4 is 22.7 Å². The topological polar surface area (TPSA) is 55.7 Å². The number of ether oxygens (including phenoxy) is 2. The summed E-state index contributed by atoms with van der Waals surface area (Å²) >= 11 is 1.48. The zero-order chi connectivity index (χ0) is 16.8. The molecule has 1 unspecified atom stereocenters. The van der Waals surface area contributed by atoms with Gasteiger partial charge in [-0.05, 0) is 37.5 Å². The lowest BCUT2D eigenvalue weighted by Crippen LogP contribution is -2.14. The molecule has 128 valence electrons. The van der Waals surface area contributed by atoms with Crippen LogP contribution in [0.2, 0.25) is 0 Å². The Bertz CT molecular complexity index is 699. The molecule has 0 aliphatic carbocycles. The summed E-state index contributed by atoms with van der Waals surface area (Å²) in [5.74, 6) is -0.286. The Kier molecular flexibility index (Phi) is 5.90. The van der Waals surface area contributed by atoms with Crippen LogP contribution in [-0.4, -0.2) is 30.5 Å². The van der Waals surface area contributed by atoms with Crippen LogP contribution < -0.4 is 5.43 Å². The number of benzene rings is 1. The van der Waals surface area contributed by atoms with Crippen molar-refractivity contribution in [2.75, 3.05) is 18.6 Å². The third-order valence-electron chi connectivity index (χ3n) is 3.67. The van der Waals surface area contributed by atoms with Crippen molar-refractivity contribution in [3.05, 3.63) is 46.2 Å². The molecule has 1 atom stereocenters. The number of nitrogens with one attached hydrogen (secondary N) is 1. The predicted molar refractivity (Wildman–Crippen MR) is 93.1 cm³/mol. The summed E-state index contributed by atoms with van der Waals surface area (Å²) in [5.41, 5.74) is 5.39. The molecule has 1 N–H and O–H groups in total. The Morgan fingerprint density at radius 3 is 3.21 bits per heavy atom. The molecule has 1 fully saturated rings. The van der Waals surface area contributed by atoms with Crippen LogP contribution >= 0.6 is 11.3 Å². The first-order chi connectivity index (χ1) is 11.7. The second-order valence-corrected chi connectivity index (χ2v) is 6.52. The Labute approximate surface area is 144 Å². The molecule has 1 aromatic carbocycles. The molecule has 1 aliphatic heterocycles. The monoisotopic (exact) mass is 349 g/mol. The minimum atomic E-state index is -0.286. The first-order valence-corrected chi connectivity index (χ1v) is 8.77. The summed E-state index contributed by atoms with van der Waals surface area (Å²) in [4.78, 5) is 4.27. The van der Waals surface area contributed by atoms with Crippen LogP contribution in [0, 0.1) is 12.7 Å². The Balaban J connectivity index is 1.59. The van der Waals surface area contributed by atoms with Crippen LogP contribution in [0.15, 0.2) is 28.7 Å². The lowest BCUT2D eigenvalue weighted by atomic mass is 10.1. The zero-order valence-electron chi connectivity index (χ0n) is 13.5. The number of halogens is 1. The van der Waals surface area contributed by atoms with Gasteiger partial charge in [0, 0.05) is 17.6 Å². The van der Waals surface area contributed by atoms with Gasteiger partial charge in [0.25, 0.3) is 0 Å². The van der Waals surface area contributed by atoms with Gasteiger partial charge in [0.15, 0.2) is 0 Å². The van der Waals surface area contributed by atoms with E-state index in [4.69, 9.17) is 9.47 Å². The first-order valence-electron chi connectivity index (χ1n) is 7.89. The normalized spacial score (nSPS) is 17.7. The van der Waals surface area contributed by atoms with E-state index in [2.05, 4.69) is 15.5 Å². The number of hydrazone groups is 1. The fourth-order valence-corrected chi connectivity index (χ4v) is 3.10. The van der Waals surface area contributed by atoms with E-state index in [9.17, 15) is 4.39 Å². The second kappa shape index (κ2) is 8.32. The Morgan fingerprint density at radius 2 is 2.46 bits per heavy atom. The summed E-state index contributed by atoms with van der Waals surface area (Å²) in [6, 6.07) is 4.58. The summed E-state index contributed by atoms with van der Waals surface area (Å²) < 4.78 is 24.7. The molecule has 1 saturated heterocycles. The van der Waals surface area contributed by atoms with E-state index in [1.54, 1.807) is 12.3 Å². The Morgan fingerprint density at radius 1 is 1.54 bits per heavy atom. The van der Waals surface area contributed by atoms with Crippen molar-refractivity contribution in [1.82, 2.24) is 4.98 Å². The van der Waals surface area contributed by atoms with Crippen LogP contribution in [0.25, 0.3) is 0 Å². The molecule has 0 amide bonds. The van der Waals surface area contributed by atoms with Crippen molar-refractivity contribution in [1.29, 1.82) is 0 Å². The largest absolute Gasteiger partial charge is 0.376 e. The fourth-order valence-electron chi connectivity index (χ4n) is 2.46. The molecule has 3 rings (SSSR count). The highest BCUT2D eigenvalue weighted by Crippen LogP contribution is 2.16. The predicted octanol–water partition coefficient (Wildman–Crippen LogP) is 3.73. The van der Waals surface area contributed by atoms with E-state index in [0.29, 0.717) is 13.2 Å². The highest BCUT2D eigenvalue weighted by atomic mass is 32.1. The average molecular weight is 349 g/mol. The van der Waals surface area contributed by atoms with Crippen LogP contribution in [0.1, 0.15) is 29.7 Å². The quantitative estimate of drug-likeness (QED) is 0.611. The number of aryl methyl sites for hydroxylation is 1. The molecule has 24 heavy (non-hydrogen) atoms. The SMILES string of the molecule is Cc1csc(NN=Cc2ccc(F)cc2COCC2CCCO2)n1. The molecular weight excluding hydrogens is 329 g/mol. The standard InChI is InChI=1S/C17H20FN3O2S/c1-12-11-24-17(20-12)21-19-8-13-4-5-15(18)7-14(13)9-22-10-16-3-2-6-23-16/h4-5,7-8,11,16H,2-3,6,9-10H2,1H3,(H,20,21). The van der Waals surface area contributed by atoms with Gasteiger partial charge in [-0.25, -0.2) is 9.37 Å². The van der Waals surface area contributed by atoms with E-state index in [1.165, 1.54) is 23.5 Å². The summed E-state index contributed by atoms with van der Waals surface area (Å²) in [5, 5.41) is 6.84. The maximum absolute atomic E-state index is 13.5. The lowest BCUT2D eigenvalue weighted by molar-refractivity contribution is 0.0105. The number of hydrogen-bond acceptors (Lipinski definition) is 6. The molecule has 2 aromatic rings. The van der Waals surface area contributed by atoms with Gasteiger partial charge in [0.05, 0.1) is 31.2 Å². The van der Waals surface area contributed by atoms with Gasteiger partial charge in [0.2, 0.25) is 5.13 Å². The lowest BCUT2D eigenvalue weighted by Gasteiger charge is -2.11. The van der Waals surface area contributed by atoms with Gasteiger partial charge >= 0.3 is 0 Å². The third kappa shape index (κ3) is 4.83. The summed E-state index contributed by atoms with van der Waals surface area (Å²) in [6.07, 6.45) is 3.91. The number of nitrogens with zero attached hydrogens (tertiary/aromatic N) is 2. The molecule has 0 saturated carbocycles.